The van der Waals surface area contributed by atoms with Crippen molar-refractivity contribution in [3.05, 3.63) is 183 Å². The number of aryl methyl sites for hydroxylation is 1. The van der Waals surface area contributed by atoms with E-state index in [0.29, 0.717) is 5.92 Å². The fourth-order valence-electron chi connectivity index (χ4n) is 5.73. The molecule has 50 heavy (non-hydrogen) atoms. The summed E-state index contributed by atoms with van der Waals surface area (Å²) in [6.45, 7) is 7.63. The van der Waals surface area contributed by atoms with Crippen LogP contribution in [0.15, 0.2) is 152 Å². The second-order valence-corrected chi connectivity index (χ2v) is 12.2. The van der Waals surface area contributed by atoms with Gasteiger partial charge in [-0.2, -0.15) is 0 Å². The Morgan fingerprint density at radius 1 is 0.660 bits per heavy atom. The van der Waals surface area contributed by atoms with Gasteiger partial charge in [0.25, 0.3) is 0 Å². The quantitative estimate of drug-likeness (QED) is 0.128. The number of fused-ring (bicyclic) bond motifs is 3. The summed E-state index contributed by atoms with van der Waals surface area (Å²) in [7, 11) is 3.89. The summed E-state index contributed by atoms with van der Waals surface area (Å²) in [5.74, 6) is 0.599. The standard InChI is InChI=1S/C22H21N2.C12H10N.C11H8N.Ir/c1-15(2)14-24-21-7-5-4-6-18(21)19-13-17(8-9-22(19)24)20-12-16(3)10-11-23-20;1-13-10-6-5-9-12(13)11-7-3-2-4-8-11;1-2-6-10(7-3-1)11-8-4-5-9-12-11;/h4-7,9-13,15H,14H2,1-3H3;2-7,9-10H,1H2;1-6,8-9H;/q3*-1;. The van der Waals surface area contributed by atoms with Crippen LogP contribution in [0.5, 0.6) is 0 Å². The topological polar surface area (TPSA) is 34.6 Å². The SMILES string of the molecule is Cc1ccnc(-c2[c-]cc3c(c2)c2ccccc2n3CC(C)C)c1.[CH2-][n+]1ccccc1-c1[c-]cccc1.[Ir].[c-]1ccccc1-c1ccccn1. The van der Waals surface area contributed by atoms with Crippen molar-refractivity contribution < 1.29 is 24.7 Å². The van der Waals surface area contributed by atoms with Gasteiger partial charge in [0.2, 0.25) is 0 Å². The Morgan fingerprint density at radius 3 is 2.04 bits per heavy atom. The van der Waals surface area contributed by atoms with Gasteiger partial charge >= 0.3 is 0 Å². The van der Waals surface area contributed by atoms with E-state index >= 15 is 0 Å². The van der Waals surface area contributed by atoms with Crippen LogP contribution in [0.25, 0.3) is 55.6 Å². The Kier molecular flexibility index (Phi) is 12.5. The van der Waals surface area contributed by atoms with Crippen LogP contribution in [0.1, 0.15) is 19.4 Å². The minimum Gasteiger partial charge on any atom is -0.380 e. The van der Waals surface area contributed by atoms with Gasteiger partial charge < -0.3 is 19.1 Å². The van der Waals surface area contributed by atoms with Gasteiger partial charge in [-0.3, -0.25) is 0 Å². The van der Waals surface area contributed by atoms with Gasteiger partial charge in [0.15, 0.2) is 0 Å². The van der Waals surface area contributed by atoms with E-state index < -0.39 is 0 Å². The summed E-state index contributed by atoms with van der Waals surface area (Å²) >= 11 is 0. The molecule has 0 unspecified atom stereocenters. The number of para-hydroxylation sites is 1. The smallest absolute Gasteiger partial charge is 0.115 e. The maximum Gasteiger partial charge on any atom is 0.115 e. The van der Waals surface area contributed by atoms with Gasteiger partial charge in [-0.05, 0) is 59.4 Å². The van der Waals surface area contributed by atoms with Crippen LogP contribution in [0.3, 0.4) is 0 Å². The Labute approximate surface area is 309 Å². The van der Waals surface area contributed by atoms with Gasteiger partial charge in [0.1, 0.15) is 5.69 Å². The van der Waals surface area contributed by atoms with Crippen LogP contribution >= 0.6 is 0 Å². The molecule has 0 atom stereocenters. The molecule has 0 amide bonds. The van der Waals surface area contributed by atoms with E-state index in [1.165, 1.54) is 27.4 Å². The first kappa shape index (κ1) is 35.9. The van der Waals surface area contributed by atoms with Crippen LogP contribution in [-0.4, -0.2) is 14.5 Å². The predicted octanol–water partition coefficient (Wildman–Crippen LogP) is 10.2. The molecule has 5 heteroatoms. The third-order valence-corrected chi connectivity index (χ3v) is 8.02. The Morgan fingerprint density at radius 2 is 1.36 bits per heavy atom. The molecule has 0 saturated carbocycles. The summed E-state index contributed by atoms with van der Waals surface area (Å²) in [6.07, 6.45) is 5.58. The number of pyridine rings is 3. The van der Waals surface area contributed by atoms with E-state index in [2.05, 4.69) is 103 Å². The minimum absolute atomic E-state index is 0. The van der Waals surface area contributed by atoms with Crippen molar-refractivity contribution in [3.8, 4) is 33.8 Å². The van der Waals surface area contributed by atoms with Crippen LogP contribution in [0.4, 0.5) is 0 Å². The first-order valence-corrected chi connectivity index (χ1v) is 16.5. The van der Waals surface area contributed by atoms with E-state index in [4.69, 9.17) is 0 Å². The molecule has 4 aromatic heterocycles. The summed E-state index contributed by atoms with van der Waals surface area (Å²) in [5.41, 5.74) is 9.95. The number of hydrogen-bond donors (Lipinski definition) is 0. The van der Waals surface area contributed by atoms with E-state index in [0.717, 1.165) is 40.3 Å². The zero-order valence-electron chi connectivity index (χ0n) is 28.5. The van der Waals surface area contributed by atoms with Crippen LogP contribution in [-0.2, 0) is 26.7 Å². The number of aromatic nitrogens is 4. The molecule has 0 aliphatic rings. The number of hydrogen-bond acceptors (Lipinski definition) is 2. The van der Waals surface area contributed by atoms with E-state index in [-0.39, 0.29) is 20.1 Å². The Bertz CT molecular complexity index is 2210. The monoisotopic (exact) mass is 828 g/mol. The maximum atomic E-state index is 4.51. The molecule has 4 aromatic carbocycles. The Hall–Kier alpha value is -5.35. The average molecular weight is 828 g/mol. The normalized spacial score (nSPS) is 10.5. The summed E-state index contributed by atoms with van der Waals surface area (Å²) in [6, 6.07) is 54.4. The zero-order valence-corrected chi connectivity index (χ0v) is 30.9. The van der Waals surface area contributed by atoms with Gasteiger partial charge in [0, 0.05) is 51.6 Å². The molecule has 0 spiro atoms. The van der Waals surface area contributed by atoms with Gasteiger partial charge in [-0.15, -0.1) is 90.0 Å². The van der Waals surface area contributed by atoms with Crippen LogP contribution in [0, 0.1) is 38.1 Å². The fraction of sp³-hybridized carbons (Fsp3) is 0.111. The molecule has 0 bridgehead atoms. The van der Waals surface area contributed by atoms with Crippen molar-refractivity contribution in [2.24, 2.45) is 5.92 Å². The summed E-state index contributed by atoms with van der Waals surface area (Å²) in [5, 5.41) is 2.58. The average Bonchev–Trinajstić information content (AvgIpc) is 3.45. The second-order valence-electron chi connectivity index (χ2n) is 12.2. The predicted molar refractivity (Wildman–Crippen MR) is 201 cm³/mol. The third-order valence-electron chi connectivity index (χ3n) is 8.02. The van der Waals surface area contributed by atoms with Crippen molar-refractivity contribution in [2.75, 3.05) is 0 Å². The molecule has 4 nitrogen and oxygen atoms in total. The Balaban J connectivity index is 0.000000158. The molecule has 0 N–H and O–H groups in total. The summed E-state index contributed by atoms with van der Waals surface area (Å²) < 4.78 is 4.26. The molecule has 0 aliphatic heterocycles. The fourth-order valence-corrected chi connectivity index (χ4v) is 5.73. The minimum atomic E-state index is 0. The molecular weight excluding hydrogens is 789 g/mol. The van der Waals surface area contributed by atoms with E-state index in [1.54, 1.807) is 6.20 Å². The molecule has 8 aromatic rings. The third kappa shape index (κ3) is 8.81. The molecule has 251 valence electrons. The molecule has 1 radical (unpaired) electrons. The van der Waals surface area contributed by atoms with Crippen molar-refractivity contribution in [1.82, 2.24) is 14.5 Å². The molecule has 0 fully saturated rings. The van der Waals surface area contributed by atoms with Crippen molar-refractivity contribution >= 4 is 21.8 Å². The number of nitrogens with zero attached hydrogens (tertiary/aromatic N) is 4. The molecular formula is C45H39IrN4-3. The van der Waals surface area contributed by atoms with E-state index in [9.17, 15) is 0 Å². The van der Waals surface area contributed by atoms with Crippen LogP contribution < -0.4 is 4.57 Å². The first-order valence-electron chi connectivity index (χ1n) is 16.5. The molecule has 0 aliphatic carbocycles. The first-order chi connectivity index (χ1) is 24.0. The van der Waals surface area contributed by atoms with Gasteiger partial charge in [-0.25, -0.2) is 0 Å². The van der Waals surface area contributed by atoms with Crippen molar-refractivity contribution in [2.45, 2.75) is 27.3 Å². The second kappa shape index (κ2) is 17.3. The van der Waals surface area contributed by atoms with Gasteiger partial charge in [-0.1, -0.05) is 78.9 Å². The van der Waals surface area contributed by atoms with E-state index in [1.807, 2.05) is 108 Å². The molecule has 8 rings (SSSR count). The zero-order chi connectivity index (χ0) is 34.0. The molecule has 4 heterocycles. The van der Waals surface area contributed by atoms with Crippen LogP contribution in [0.2, 0.25) is 0 Å². The largest absolute Gasteiger partial charge is 0.380 e. The number of benzene rings is 4. The van der Waals surface area contributed by atoms with Crippen molar-refractivity contribution in [3.63, 3.8) is 0 Å². The molecule has 0 saturated heterocycles. The maximum absolute atomic E-state index is 4.51. The van der Waals surface area contributed by atoms with Gasteiger partial charge in [0.05, 0.1) is 6.20 Å². The van der Waals surface area contributed by atoms with Crippen molar-refractivity contribution in [1.29, 1.82) is 0 Å². The number of rotatable bonds is 5. The summed E-state index contributed by atoms with van der Waals surface area (Å²) in [4.78, 5) is 8.73.